The van der Waals surface area contributed by atoms with Crippen molar-refractivity contribution in [2.24, 2.45) is 0 Å². The molecule has 3 nitrogen and oxygen atoms in total. The fraction of sp³-hybridized carbons (Fsp3) is 0.909. The third kappa shape index (κ3) is 5.06. The average molecular weight is 309 g/mol. The van der Waals surface area contributed by atoms with Crippen molar-refractivity contribution >= 4 is 33.6 Å². The molecule has 1 saturated heterocycles. The Morgan fingerprint density at radius 3 is 2.81 bits per heavy atom. The van der Waals surface area contributed by atoms with E-state index in [0.717, 1.165) is 50.2 Å². The minimum atomic E-state index is 0.329. The van der Waals surface area contributed by atoms with Gasteiger partial charge in [-0.2, -0.15) is 11.8 Å². The molecule has 0 atom stereocenters. The van der Waals surface area contributed by atoms with Crippen molar-refractivity contribution in [3.63, 3.8) is 0 Å². The first-order chi connectivity index (χ1) is 7.77. The van der Waals surface area contributed by atoms with Crippen LogP contribution in [-0.2, 0) is 4.79 Å². The molecule has 0 bridgehead atoms. The van der Waals surface area contributed by atoms with Crippen LogP contribution in [0, 0.1) is 0 Å². The highest BCUT2D eigenvalue weighted by atomic mass is 79.9. The van der Waals surface area contributed by atoms with Gasteiger partial charge in [-0.15, -0.1) is 0 Å². The van der Waals surface area contributed by atoms with E-state index in [2.05, 4.69) is 20.8 Å². The molecule has 0 N–H and O–H groups in total. The Morgan fingerprint density at radius 2 is 2.12 bits per heavy atom. The van der Waals surface area contributed by atoms with Crippen molar-refractivity contribution in [3.8, 4) is 0 Å². The van der Waals surface area contributed by atoms with Crippen LogP contribution in [0.4, 0.5) is 0 Å². The van der Waals surface area contributed by atoms with E-state index in [1.165, 1.54) is 0 Å². The quantitative estimate of drug-likeness (QED) is 0.722. The molecule has 0 aliphatic carbocycles. The second-order valence-corrected chi connectivity index (χ2v) is 5.79. The third-order valence-corrected chi connectivity index (χ3v) is 3.83. The zero-order valence-corrected chi connectivity index (χ0v) is 12.4. The predicted molar refractivity (Wildman–Crippen MR) is 74.4 cm³/mol. The maximum atomic E-state index is 11.9. The molecule has 1 aliphatic heterocycles. The number of carbonyl (C=O) groups is 1. The molecule has 1 fully saturated rings. The summed E-state index contributed by atoms with van der Waals surface area (Å²) in [4.78, 5) is 16.3. The molecule has 16 heavy (non-hydrogen) atoms. The van der Waals surface area contributed by atoms with Gasteiger partial charge in [0.15, 0.2) is 0 Å². The highest BCUT2D eigenvalue weighted by Gasteiger charge is 2.17. The minimum absolute atomic E-state index is 0.329. The van der Waals surface area contributed by atoms with E-state index in [-0.39, 0.29) is 0 Å². The van der Waals surface area contributed by atoms with E-state index < -0.39 is 0 Å². The van der Waals surface area contributed by atoms with Gasteiger partial charge in [-0.25, -0.2) is 0 Å². The summed E-state index contributed by atoms with van der Waals surface area (Å²) in [6, 6.07) is 0. The van der Waals surface area contributed by atoms with Crippen molar-refractivity contribution in [2.75, 3.05) is 50.1 Å². The van der Waals surface area contributed by atoms with Crippen LogP contribution in [0.2, 0.25) is 0 Å². The number of hydrogen-bond acceptors (Lipinski definition) is 3. The second-order valence-electron chi connectivity index (χ2n) is 4.01. The smallest absolute Gasteiger partial charge is 0.223 e. The first-order valence-corrected chi connectivity index (χ1v) is 8.34. The van der Waals surface area contributed by atoms with Gasteiger partial charge < -0.3 is 9.80 Å². The summed E-state index contributed by atoms with van der Waals surface area (Å²) in [5, 5.41) is 1.02. The van der Waals surface area contributed by atoms with Gasteiger partial charge in [0.2, 0.25) is 5.91 Å². The van der Waals surface area contributed by atoms with Gasteiger partial charge in [0.25, 0.3) is 0 Å². The van der Waals surface area contributed by atoms with Gasteiger partial charge in [-0.05, 0) is 19.2 Å². The zero-order chi connectivity index (χ0) is 11.8. The Labute approximate surface area is 111 Å². The third-order valence-electron chi connectivity index (χ3n) is 2.86. The van der Waals surface area contributed by atoms with E-state index in [4.69, 9.17) is 0 Å². The second kappa shape index (κ2) is 8.37. The summed E-state index contributed by atoms with van der Waals surface area (Å²) in [6.07, 6.45) is 3.85. The molecule has 0 radical (unpaired) electrons. The minimum Gasteiger partial charge on any atom is -0.341 e. The zero-order valence-electron chi connectivity index (χ0n) is 9.95. The molecule has 0 aromatic carbocycles. The summed E-state index contributed by atoms with van der Waals surface area (Å²) in [7, 11) is 0. The summed E-state index contributed by atoms with van der Waals surface area (Å²) >= 11 is 5.21. The fourth-order valence-electron chi connectivity index (χ4n) is 1.91. The largest absolute Gasteiger partial charge is 0.341 e. The average Bonchev–Trinajstić information content (AvgIpc) is 2.52. The highest BCUT2D eigenvalue weighted by molar-refractivity contribution is 9.09. The Balaban J connectivity index is 2.31. The van der Waals surface area contributed by atoms with Crippen LogP contribution in [0.15, 0.2) is 0 Å². The molecule has 0 aromatic rings. The maximum Gasteiger partial charge on any atom is 0.223 e. The number of carbonyl (C=O) groups excluding carboxylic acids is 1. The van der Waals surface area contributed by atoms with Crippen LogP contribution in [0.25, 0.3) is 0 Å². The van der Waals surface area contributed by atoms with E-state index in [1.807, 2.05) is 11.2 Å². The normalized spacial score (nSPS) is 18.5. The first-order valence-electron chi connectivity index (χ1n) is 5.83. The van der Waals surface area contributed by atoms with Crippen LogP contribution in [-0.4, -0.2) is 65.8 Å². The maximum absolute atomic E-state index is 11.9. The summed E-state index contributed by atoms with van der Waals surface area (Å²) in [5.74, 6) is 1.27. The van der Waals surface area contributed by atoms with Gasteiger partial charge in [-0.1, -0.05) is 15.9 Å². The number of rotatable bonds is 5. The van der Waals surface area contributed by atoms with E-state index in [0.29, 0.717) is 12.3 Å². The van der Waals surface area contributed by atoms with Gasteiger partial charge in [0, 0.05) is 43.7 Å². The number of amides is 1. The SMILES string of the molecule is CSCCC(=O)N1CCCN(CCBr)CC1. The molecule has 1 amide bonds. The molecule has 0 saturated carbocycles. The molecule has 0 unspecified atom stereocenters. The highest BCUT2D eigenvalue weighted by Crippen LogP contribution is 2.07. The molecule has 0 aromatic heterocycles. The van der Waals surface area contributed by atoms with Crippen LogP contribution < -0.4 is 0 Å². The van der Waals surface area contributed by atoms with Crippen molar-refractivity contribution in [1.29, 1.82) is 0 Å². The van der Waals surface area contributed by atoms with Crippen molar-refractivity contribution in [3.05, 3.63) is 0 Å². The summed E-state index contributed by atoms with van der Waals surface area (Å²) in [6.45, 7) is 5.08. The van der Waals surface area contributed by atoms with Gasteiger partial charge in [0.1, 0.15) is 0 Å². The van der Waals surface area contributed by atoms with E-state index in [1.54, 1.807) is 11.8 Å². The number of nitrogens with zero attached hydrogens (tertiary/aromatic N) is 2. The summed E-state index contributed by atoms with van der Waals surface area (Å²) in [5.41, 5.74) is 0. The molecular formula is C11H21BrN2OS. The van der Waals surface area contributed by atoms with Crippen molar-refractivity contribution in [1.82, 2.24) is 9.80 Å². The van der Waals surface area contributed by atoms with Crippen molar-refractivity contribution < 1.29 is 4.79 Å². The first kappa shape index (κ1) is 14.3. The Hall–Kier alpha value is 0.260. The van der Waals surface area contributed by atoms with E-state index in [9.17, 15) is 4.79 Å². The standard InChI is InChI=1S/C11H21BrN2OS/c1-16-10-3-11(15)14-6-2-5-13(7-4-12)8-9-14/h2-10H2,1H3. The number of hydrogen-bond donors (Lipinski definition) is 0. The Kier molecular flexibility index (Phi) is 7.49. The monoisotopic (exact) mass is 308 g/mol. The van der Waals surface area contributed by atoms with Crippen LogP contribution in [0.5, 0.6) is 0 Å². The Bertz CT molecular complexity index is 216. The predicted octanol–water partition coefficient (Wildman–Crippen LogP) is 1.67. The molecular weight excluding hydrogens is 288 g/mol. The Morgan fingerprint density at radius 1 is 1.31 bits per heavy atom. The molecule has 0 spiro atoms. The summed E-state index contributed by atoms with van der Waals surface area (Å²) < 4.78 is 0. The van der Waals surface area contributed by atoms with Gasteiger partial charge in [-0.3, -0.25) is 4.79 Å². The lowest BCUT2D eigenvalue weighted by molar-refractivity contribution is -0.130. The number of thioether (sulfide) groups is 1. The number of alkyl halides is 1. The molecule has 1 rings (SSSR count). The molecule has 1 heterocycles. The van der Waals surface area contributed by atoms with Crippen molar-refractivity contribution in [2.45, 2.75) is 12.8 Å². The lowest BCUT2D eigenvalue weighted by Gasteiger charge is -2.21. The van der Waals surface area contributed by atoms with Crippen LogP contribution in [0.1, 0.15) is 12.8 Å². The van der Waals surface area contributed by atoms with E-state index >= 15 is 0 Å². The lowest BCUT2D eigenvalue weighted by atomic mass is 10.3. The number of halogens is 1. The molecule has 1 aliphatic rings. The van der Waals surface area contributed by atoms with Gasteiger partial charge >= 0.3 is 0 Å². The van der Waals surface area contributed by atoms with Crippen LogP contribution >= 0.6 is 27.7 Å². The van der Waals surface area contributed by atoms with Gasteiger partial charge in [0.05, 0.1) is 0 Å². The topological polar surface area (TPSA) is 23.6 Å². The fourth-order valence-corrected chi connectivity index (χ4v) is 2.79. The van der Waals surface area contributed by atoms with Crippen LogP contribution in [0.3, 0.4) is 0 Å². The molecule has 5 heteroatoms. The molecule has 94 valence electrons. The lowest BCUT2D eigenvalue weighted by Crippen LogP contribution is -2.35.